The number of nitrogens with zero attached hydrogens (tertiary/aromatic N) is 1. The molecule has 0 saturated carbocycles. The number of hydrogen-bond acceptors (Lipinski definition) is 5. The number of fused-ring (bicyclic) bond motifs is 1. The van der Waals surface area contributed by atoms with Crippen molar-refractivity contribution >= 4 is 22.6 Å². The van der Waals surface area contributed by atoms with Gasteiger partial charge in [0.25, 0.3) is 11.8 Å². The van der Waals surface area contributed by atoms with Crippen molar-refractivity contribution in [3.63, 3.8) is 0 Å². The highest BCUT2D eigenvalue weighted by molar-refractivity contribution is 6.05. The molecule has 0 unspecified atom stereocenters. The molecule has 0 aliphatic heterocycles. The van der Waals surface area contributed by atoms with Crippen molar-refractivity contribution in [2.75, 3.05) is 13.2 Å². The molecule has 3 rings (SSSR count). The number of rotatable bonds is 6. The number of hydrogen-bond donors (Lipinski definition) is 3. The van der Waals surface area contributed by atoms with Gasteiger partial charge in [0.15, 0.2) is 0 Å². The van der Waals surface area contributed by atoms with Gasteiger partial charge in [-0.3, -0.25) is 14.6 Å². The first-order chi connectivity index (χ1) is 12.6. The number of amides is 2. The van der Waals surface area contributed by atoms with Gasteiger partial charge in [-0.15, -0.1) is 0 Å². The third kappa shape index (κ3) is 3.72. The number of carbonyl (C=O) groups excluding carboxylic acids is 2. The fraction of sp³-hybridized carbons (Fsp3) is 0.105. The summed E-state index contributed by atoms with van der Waals surface area (Å²) >= 11 is 0. The number of phenols is 1. The number of benzene rings is 2. The Bertz CT molecular complexity index is 967. The number of nitrogens with one attached hydrogen (secondary N) is 1. The summed E-state index contributed by atoms with van der Waals surface area (Å²) in [6, 6.07) is 13.6. The zero-order valence-corrected chi connectivity index (χ0v) is 13.8. The SMILES string of the molecule is NC(=O)c1ccc(OCCNC(=O)c2nccc3ccccc23)cc1O. The molecule has 0 atom stereocenters. The molecule has 0 spiro atoms. The summed E-state index contributed by atoms with van der Waals surface area (Å²) < 4.78 is 5.45. The summed E-state index contributed by atoms with van der Waals surface area (Å²) in [7, 11) is 0. The number of ether oxygens (including phenoxy) is 1. The van der Waals surface area contributed by atoms with Gasteiger partial charge in [-0.05, 0) is 23.6 Å². The molecule has 0 radical (unpaired) electrons. The van der Waals surface area contributed by atoms with Crippen molar-refractivity contribution < 1.29 is 19.4 Å². The second kappa shape index (κ2) is 7.52. The molecule has 2 amide bonds. The maximum Gasteiger partial charge on any atom is 0.270 e. The van der Waals surface area contributed by atoms with Crippen LogP contribution in [0.5, 0.6) is 11.5 Å². The number of carbonyl (C=O) groups is 2. The van der Waals surface area contributed by atoms with Crippen molar-refractivity contribution in [3.8, 4) is 11.5 Å². The highest BCUT2D eigenvalue weighted by atomic mass is 16.5. The van der Waals surface area contributed by atoms with Crippen LogP contribution in [0.15, 0.2) is 54.7 Å². The lowest BCUT2D eigenvalue weighted by atomic mass is 10.1. The Morgan fingerprint density at radius 3 is 2.73 bits per heavy atom. The monoisotopic (exact) mass is 351 g/mol. The van der Waals surface area contributed by atoms with Gasteiger partial charge in [-0.2, -0.15) is 0 Å². The Balaban J connectivity index is 1.57. The zero-order chi connectivity index (χ0) is 18.5. The van der Waals surface area contributed by atoms with Crippen molar-refractivity contribution in [1.82, 2.24) is 10.3 Å². The lowest BCUT2D eigenvalue weighted by Crippen LogP contribution is -2.29. The third-order valence-electron chi connectivity index (χ3n) is 3.78. The average Bonchev–Trinajstić information content (AvgIpc) is 2.64. The topological polar surface area (TPSA) is 115 Å². The molecule has 4 N–H and O–H groups in total. The standard InChI is InChI=1S/C19H17N3O4/c20-18(24)15-6-5-13(11-16(15)23)26-10-9-22-19(25)17-14-4-2-1-3-12(14)7-8-21-17/h1-8,11,23H,9-10H2,(H2,20,24)(H,22,25). The van der Waals surface area contributed by atoms with Crippen LogP contribution in [0.3, 0.4) is 0 Å². The minimum atomic E-state index is -0.719. The van der Waals surface area contributed by atoms with Crippen LogP contribution in [0.4, 0.5) is 0 Å². The van der Waals surface area contributed by atoms with E-state index in [1.165, 1.54) is 18.2 Å². The summed E-state index contributed by atoms with van der Waals surface area (Å²) in [5.41, 5.74) is 5.50. The molecule has 132 valence electrons. The number of primary amides is 1. The molecular weight excluding hydrogens is 334 g/mol. The van der Waals surface area contributed by atoms with Crippen LogP contribution in [-0.2, 0) is 0 Å². The largest absolute Gasteiger partial charge is 0.507 e. The lowest BCUT2D eigenvalue weighted by molar-refractivity contribution is 0.0942. The maximum absolute atomic E-state index is 12.3. The number of aromatic hydroxyl groups is 1. The first-order valence-corrected chi connectivity index (χ1v) is 7.94. The van der Waals surface area contributed by atoms with Crippen LogP contribution < -0.4 is 15.8 Å². The van der Waals surface area contributed by atoms with Gasteiger partial charge in [0.05, 0.1) is 12.1 Å². The van der Waals surface area contributed by atoms with E-state index in [0.717, 1.165) is 10.8 Å². The van der Waals surface area contributed by atoms with Gasteiger partial charge < -0.3 is 20.9 Å². The summed E-state index contributed by atoms with van der Waals surface area (Å²) in [6.45, 7) is 0.438. The van der Waals surface area contributed by atoms with Gasteiger partial charge in [0.1, 0.15) is 23.8 Å². The predicted molar refractivity (Wildman–Crippen MR) is 96.2 cm³/mol. The second-order valence-corrected chi connectivity index (χ2v) is 5.53. The maximum atomic E-state index is 12.3. The lowest BCUT2D eigenvalue weighted by Gasteiger charge is -2.10. The van der Waals surface area contributed by atoms with Gasteiger partial charge >= 0.3 is 0 Å². The first kappa shape index (κ1) is 17.2. The zero-order valence-electron chi connectivity index (χ0n) is 13.8. The summed E-state index contributed by atoms with van der Waals surface area (Å²) in [5.74, 6) is -0.898. The molecule has 0 aliphatic rings. The molecule has 0 aliphatic carbocycles. The van der Waals surface area contributed by atoms with Gasteiger partial charge in [0, 0.05) is 17.6 Å². The van der Waals surface area contributed by atoms with E-state index in [9.17, 15) is 14.7 Å². The normalized spacial score (nSPS) is 10.5. The molecule has 7 heteroatoms. The Morgan fingerprint density at radius 2 is 1.96 bits per heavy atom. The molecular formula is C19H17N3O4. The fourth-order valence-electron chi connectivity index (χ4n) is 2.53. The van der Waals surface area contributed by atoms with E-state index in [2.05, 4.69) is 10.3 Å². The number of nitrogens with two attached hydrogens (primary N) is 1. The molecule has 1 heterocycles. The van der Waals surface area contributed by atoms with Crippen LogP contribution in [0.25, 0.3) is 10.8 Å². The summed E-state index contributed by atoms with van der Waals surface area (Å²) in [5, 5.41) is 14.2. The second-order valence-electron chi connectivity index (χ2n) is 5.53. The minimum absolute atomic E-state index is 0.0210. The Morgan fingerprint density at radius 1 is 1.15 bits per heavy atom. The Labute approximate surface area is 149 Å². The molecule has 3 aromatic rings. The number of aromatic nitrogens is 1. The van der Waals surface area contributed by atoms with Crippen LogP contribution in [0.1, 0.15) is 20.8 Å². The van der Waals surface area contributed by atoms with Crippen LogP contribution in [-0.4, -0.2) is 35.1 Å². The van der Waals surface area contributed by atoms with Gasteiger partial charge in [-0.1, -0.05) is 24.3 Å². The van der Waals surface area contributed by atoms with Crippen LogP contribution in [0, 0.1) is 0 Å². The van der Waals surface area contributed by atoms with Gasteiger partial charge in [0.2, 0.25) is 0 Å². The Kier molecular flexibility index (Phi) is 4.98. The molecule has 0 saturated heterocycles. The number of pyridine rings is 1. The van der Waals surface area contributed by atoms with Crippen LogP contribution >= 0.6 is 0 Å². The van der Waals surface area contributed by atoms with E-state index < -0.39 is 5.91 Å². The van der Waals surface area contributed by atoms with Crippen molar-refractivity contribution in [2.45, 2.75) is 0 Å². The fourth-order valence-corrected chi connectivity index (χ4v) is 2.53. The van der Waals surface area contributed by atoms with E-state index in [0.29, 0.717) is 11.4 Å². The molecule has 2 aromatic carbocycles. The van der Waals surface area contributed by atoms with E-state index in [-0.39, 0.29) is 30.4 Å². The first-order valence-electron chi connectivity index (χ1n) is 7.94. The van der Waals surface area contributed by atoms with Crippen molar-refractivity contribution in [1.29, 1.82) is 0 Å². The van der Waals surface area contributed by atoms with Crippen LogP contribution in [0.2, 0.25) is 0 Å². The molecule has 1 aromatic heterocycles. The van der Waals surface area contributed by atoms with Crippen molar-refractivity contribution in [3.05, 3.63) is 66.0 Å². The van der Waals surface area contributed by atoms with Crippen molar-refractivity contribution in [2.24, 2.45) is 5.73 Å². The third-order valence-corrected chi connectivity index (χ3v) is 3.78. The van der Waals surface area contributed by atoms with E-state index in [1.807, 2.05) is 30.3 Å². The molecule has 0 fully saturated rings. The van der Waals surface area contributed by atoms with E-state index in [4.69, 9.17) is 10.5 Å². The average molecular weight is 351 g/mol. The smallest absolute Gasteiger partial charge is 0.270 e. The van der Waals surface area contributed by atoms with E-state index >= 15 is 0 Å². The molecule has 0 bridgehead atoms. The summed E-state index contributed by atoms with van der Waals surface area (Å²) in [4.78, 5) is 27.5. The quantitative estimate of drug-likeness (QED) is 0.586. The minimum Gasteiger partial charge on any atom is -0.507 e. The highest BCUT2D eigenvalue weighted by Gasteiger charge is 2.11. The molecule has 7 nitrogen and oxygen atoms in total. The van der Waals surface area contributed by atoms with Gasteiger partial charge in [-0.25, -0.2) is 0 Å². The van der Waals surface area contributed by atoms with E-state index in [1.54, 1.807) is 6.20 Å². The molecule has 26 heavy (non-hydrogen) atoms. The predicted octanol–water partition coefficient (Wildman–Crippen LogP) is 1.85. The summed E-state index contributed by atoms with van der Waals surface area (Å²) in [6.07, 6.45) is 1.59. The Hall–Kier alpha value is -3.61. The highest BCUT2D eigenvalue weighted by Crippen LogP contribution is 2.23.